The lowest BCUT2D eigenvalue weighted by Gasteiger charge is -2.22. The van der Waals surface area contributed by atoms with Gasteiger partial charge in [-0.25, -0.2) is 0 Å². The van der Waals surface area contributed by atoms with Gasteiger partial charge in [0.25, 0.3) is 0 Å². The van der Waals surface area contributed by atoms with E-state index in [1.54, 1.807) is 6.07 Å². The normalized spacial score (nSPS) is 13.0. The van der Waals surface area contributed by atoms with E-state index in [9.17, 15) is 19.8 Å². The molecule has 2 unspecified atom stereocenters. The Morgan fingerprint density at radius 2 is 1.03 bits per heavy atom. The van der Waals surface area contributed by atoms with Crippen molar-refractivity contribution in [3.63, 3.8) is 0 Å². The first-order valence-electron chi connectivity index (χ1n) is 14.2. The fourth-order valence-electron chi connectivity index (χ4n) is 4.57. The van der Waals surface area contributed by atoms with Gasteiger partial charge in [0.2, 0.25) is 0 Å². The van der Waals surface area contributed by atoms with Gasteiger partial charge in [-0.3, -0.25) is 9.59 Å². The fourth-order valence-corrected chi connectivity index (χ4v) is 4.57. The summed E-state index contributed by atoms with van der Waals surface area (Å²) in [5.41, 5.74) is 4.73. The Morgan fingerprint density at radius 1 is 0.641 bits per heavy atom. The number of ketones is 2. The third-order valence-corrected chi connectivity index (χ3v) is 6.59. The van der Waals surface area contributed by atoms with Gasteiger partial charge in [-0.05, 0) is 67.5 Å². The summed E-state index contributed by atoms with van der Waals surface area (Å²) in [5.74, 6) is 1.16. The Labute approximate surface area is 236 Å². The van der Waals surface area contributed by atoms with Crippen LogP contribution in [-0.2, 0) is 22.4 Å². The lowest BCUT2D eigenvalue weighted by atomic mass is 9.93. The summed E-state index contributed by atoms with van der Waals surface area (Å²) < 4.78 is 0. The van der Waals surface area contributed by atoms with Gasteiger partial charge in [0.05, 0.1) is 12.1 Å². The number of hydrogen-bond acceptors (Lipinski definition) is 6. The summed E-state index contributed by atoms with van der Waals surface area (Å²) in [7, 11) is 0. The molecule has 0 aromatic heterocycles. The SMILES string of the molecule is Cc1cc(CC(NC(C)C)C(=O)C(C)C)cc(C)c1O.Cc1cc(CC(NC(C)C)C(=O)C(C)C)ccc1O. The average Bonchev–Trinajstić information content (AvgIpc) is 2.82. The van der Waals surface area contributed by atoms with E-state index in [1.807, 2.05) is 100 Å². The summed E-state index contributed by atoms with van der Waals surface area (Å²) in [4.78, 5) is 24.5. The number of hydrogen-bond donors (Lipinski definition) is 4. The summed E-state index contributed by atoms with van der Waals surface area (Å²) in [6, 6.07) is 9.64. The van der Waals surface area contributed by atoms with Crippen LogP contribution in [0.25, 0.3) is 0 Å². The Balaban J connectivity index is 0.000000391. The van der Waals surface area contributed by atoms with Crippen molar-refractivity contribution in [3.8, 4) is 11.5 Å². The van der Waals surface area contributed by atoms with Gasteiger partial charge in [0.1, 0.15) is 11.5 Å². The molecule has 0 fully saturated rings. The van der Waals surface area contributed by atoms with E-state index >= 15 is 0 Å². The number of carbonyl (C=O) groups excluding carboxylic acids is 2. The molecule has 39 heavy (non-hydrogen) atoms. The van der Waals surface area contributed by atoms with Crippen molar-refractivity contribution in [2.24, 2.45) is 11.8 Å². The molecule has 0 aliphatic heterocycles. The summed E-state index contributed by atoms with van der Waals surface area (Å²) >= 11 is 0. The van der Waals surface area contributed by atoms with E-state index in [2.05, 4.69) is 10.6 Å². The van der Waals surface area contributed by atoms with E-state index in [0.29, 0.717) is 24.3 Å². The van der Waals surface area contributed by atoms with Crippen LogP contribution in [0, 0.1) is 32.6 Å². The fraction of sp³-hybridized carbons (Fsp3) is 0.576. The minimum Gasteiger partial charge on any atom is -0.508 e. The lowest BCUT2D eigenvalue weighted by Crippen LogP contribution is -2.44. The van der Waals surface area contributed by atoms with Crippen molar-refractivity contribution in [2.45, 2.75) is 113 Å². The zero-order valence-electron chi connectivity index (χ0n) is 26.0. The maximum absolute atomic E-state index is 12.3. The van der Waals surface area contributed by atoms with Gasteiger partial charge in [-0.1, -0.05) is 79.7 Å². The zero-order valence-corrected chi connectivity index (χ0v) is 26.0. The Morgan fingerprint density at radius 3 is 1.38 bits per heavy atom. The van der Waals surface area contributed by atoms with Crippen molar-refractivity contribution in [2.75, 3.05) is 0 Å². The smallest absolute Gasteiger partial charge is 0.152 e. The molecular weight excluding hydrogens is 488 g/mol. The van der Waals surface area contributed by atoms with E-state index in [4.69, 9.17) is 0 Å². The van der Waals surface area contributed by atoms with Crippen molar-refractivity contribution in [1.29, 1.82) is 0 Å². The summed E-state index contributed by atoms with van der Waals surface area (Å²) in [6.45, 7) is 21.6. The first-order valence-corrected chi connectivity index (χ1v) is 14.2. The van der Waals surface area contributed by atoms with Gasteiger partial charge in [-0.15, -0.1) is 0 Å². The van der Waals surface area contributed by atoms with Crippen LogP contribution in [0.15, 0.2) is 30.3 Å². The molecule has 0 radical (unpaired) electrons. The monoisotopic (exact) mass is 540 g/mol. The number of aryl methyl sites for hydroxylation is 3. The second-order valence-corrected chi connectivity index (χ2v) is 12.0. The molecule has 0 heterocycles. The second-order valence-electron chi connectivity index (χ2n) is 12.0. The van der Waals surface area contributed by atoms with Crippen LogP contribution in [0.5, 0.6) is 11.5 Å². The molecule has 2 atom stereocenters. The number of aromatic hydroxyl groups is 2. The highest BCUT2D eigenvalue weighted by Crippen LogP contribution is 2.24. The predicted molar refractivity (Wildman–Crippen MR) is 162 cm³/mol. The topological polar surface area (TPSA) is 98.7 Å². The molecule has 0 aliphatic rings. The van der Waals surface area contributed by atoms with Crippen LogP contribution in [0.4, 0.5) is 0 Å². The molecule has 6 heteroatoms. The zero-order chi connectivity index (χ0) is 30.0. The van der Waals surface area contributed by atoms with Crippen LogP contribution in [-0.4, -0.2) is 45.9 Å². The third-order valence-electron chi connectivity index (χ3n) is 6.59. The van der Waals surface area contributed by atoms with Gasteiger partial charge in [0, 0.05) is 23.9 Å². The van der Waals surface area contributed by atoms with Gasteiger partial charge in [-0.2, -0.15) is 0 Å². The standard InChI is InChI=1S/C17H27NO2.C16H25NO2/c1-10(2)16(19)15(18-11(3)4)9-14-7-12(5)17(20)13(6)8-14;1-10(2)16(19)14(17-11(3)4)9-13-6-7-15(18)12(5)8-13/h7-8,10-11,15,18,20H,9H2,1-6H3;6-8,10-11,14,17-18H,9H2,1-5H3. The molecule has 0 saturated carbocycles. The molecule has 2 rings (SSSR count). The van der Waals surface area contributed by atoms with Crippen LogP contribution in [0.1, 0.15) is 83.2 Å². The highest BCUT2D eigenvalue weighted by molar-refractivity contribution is 5.86. The van der Waals surface area contributed by atoms with Crippen LogP contribution in [0.3, 0.4) is 0 Å². The minimum atomic E-state index is -0.168. The Kier molecular flexibility index (Phi) is 13.9. The number of Topliss-reactive ketones (excluding diaryl/α,β-unsaturated/α-hetero) is 2. The first kappa shape index (κ1) is 34.3. The van der Waals surface area contributed by atoms with Crippen molar-refractivity contribution < 1.29 is 19.8 Å². The van der Waals surface area contributed by atoms with E-state index in [1.165, 1.54) is 0 Å². The largest absolute Gasteiger partial charge is 0.508 e. The molecule has 218 valence electrons. The molecule has 0 amide bonds. The van der Waals surface area contributed by atoms with E-state index < -0.39 is 0 Å². The molecule has 6 nitrogen and oxygen atoms in total. The van der Waals surface area contributed by atoms with Gasteiger partial charge in [0.15, 0.2) is 11.6 Å². The molecule has 2 aromatic rings. The molecule has 0 bridgehead atoms. The highest BCUT2D eigenvalue weighted by Gasteiger charge is 2.23. The Hall–Kier alpha value is -2.70. The minimum absolute atomic E-state index is 0.0190. The average molecular weight is 541 g/mol. The Bertz CT molecular complexity index is 1070. The van der Waals surface area contributed by atoms with Gasteiger partial charge >= 0.3 is 0 Å². The van der Waals surface area contributed by atoms with Crippen molar-refractivity contribution in [3.05, 3.63) is 58.1 Å². The number of nitrogens with one attached hydrogen (secondary N) is 2. The van der Waals surface area contributed by atoms with E-state index in [-0.39, 0.29) is 47.6 Å². The number of rotatable bonds is 12. The molecule has 0 spiro atoms. The molecular formula is C33H52N2O4. The number of phenols is 2. The van der Waals surface area contributed by atoms with E-state index in [0.717, 1.165) is 27.8 Å². The van der Waals surface area contributed by atoms with Crippen LogP contribution in [0.2, 0.25) is 0 Å². The second kappa shape index (κ2) is 15.8. The number of benzene rings is 2. The maximum atomic E-state index is 12.3. The third kappa shape index (κ3) is 11.5. The van der Waals surface area contributed by atoms with Crippen molar-refractivity contribution in [1.82, 2.24) is 10.6 Å². The molecule has 2 aromatic carbocycles. The van der Waals surface area contributed by atoms with Crippen LogP contribution >= 0.6 is 0 Å². The molecule has 4 N–H and O–H groups in total. The van der Waals surface area contributed by atoms with Crippen LogP contribution < -0.4 is 10.6 Å². The lowest BCUT2D eigenvalue weighted by molar-refractivity contribution is -0.124. The maximum Gasteiger partial charge on any atom is 0.152 e. The highest BCUT2D eigenvalue weighted by atomic mass is 16.3. The number of carbonyl (C=O) groups is 2. The first-order chi connectivity index (χ1) is 18.0. The summed E-state index contributed by atoms with van der Waals surface area (Å²) in [5, 5.41) is 26.0. The van der Waals surface area contributed by atoms with Gasteiger partial charge < -0.3 is 20.8 Å². The molecule has 0 aliphatic carbocycles. The summed E-state index contributed by atoms with van der Waals surface area (Å²) in [6.07, 6.45) is 1.33. The molecule has 0 saturated heterocycles. The quantitative estimate of drug-likeness (QED) is 0.264. The number of phenolic OH excluding ortho intramolecular Hbond substituents is 2. The predicted octanol–water partition coefficient (Wildman–Crippen LogP) is 5.98. The van der Waals surface area contributed by atoms with Crippen molar-refractivity contribution >= 4 is 11.6 Å².